The molecular formula is C16H23N5. The van der Waals surface area contributed by atoms with Crippen LogP contribution in [0.3, 0.4) is 0 Å². The van der Waals surface area contributed by atoms with Crippen LogP contribution in [0.15, 0.2) is 24.5 Å². The molecule has 2 aromatic rings. The van der Waals surface area contributed by atoms with Crippen molar-refractivity contribution in [3.05, 3.63) is 35.7 Å². The Labute approximate surface area is 126 Å². The van der Waals surface area contributed by atoms with E-state index in [0.29, 0.717) is 11.6 Å². The highest BCUT2D eigenvalue weighted by Crippen LogP contribution is 2.26. The molecule has 1 heterocycles. The molecule has 0 spiro atoms. The topological polar surface area (TPSA) is 75.9 Å². The molecule has 1 aromatic carbocycles. The summed E-state index contributed by atoms with van der Waals surface area (Å²) in [5.41, 5.74) is 10.0. The van der Waals surface area contributed by atoms with Gasteiger partial charge in [0.15, 0.2) is 0 Å². The van der Waals surface area contributed by atoms with Gasteiger partial charge in [-0.25, -0.2) is 9.97 Å². The lowest BCUT2D eigenvalue weighted by Gasteiger charge is -2.13. The molecule has 0 radical (unpaired) electrons. The third-order valence-electron chi connectivity index (χ3n) is 3.29. The van der Waals surface area contributed by atoms with E-state index >= 15 is 0 Å². The number of aryl methyl sites for hydroxylation is 2. The van der Waals surface area contributed by atoms with Crippen LogP contribution in [-0.4, -0.2) is 16.5 Å². The molecule has 0 aliphatic heterocycles. The second-order valence-corrected chi connectivity index (χ2v) is 5.71. The Balaban J connectivity index is 2.16. The van der Waals surface area contributed by atoms with E-state index in [1.54, 1.807) is 6.33 Å². The summed E-state index contributed by atoms with van der Waals surface area (Å²) in [4.78, 5) is 8.45. The zero-order valence-electron chi connectivity index (χ0n) is 13.1. The Kier molecular flexibility index (Phi) is 4.62. The first-order valence-corrected chi connectivity index (χ1v) is 7.15. The number of benzene rings is 1. The molecule has 0 saturated carbocycles. The summed E-state index contributed by atoms with van der Waals surface area (Å²) in [5.74, 6) is 2.10. The van der Waals surface area contributed by atoms with Gasteiger partial charge in [0.05, 0.1) is 11.4 Å². The Hall–Kier alpha value is -2.30. The molecule has 0 unspecified atom stereocenters. The van der Waals surface area contributed by atoms with Gasteiger partial charge in [0, 0.05) is 12.6 Å². The van der Waals surface area contributed by atoms with Crippen molar-refractivity contribution in [3.63, 3.8) is 0 Å². The number of nitrogens with two attached hydrogens (primary N) is 1. The monoisotopic (exact) mass is 285 g/mol. The predicted molar refractivity (Wildman–Crippen MR) is 89.0 cm³/mol. The van der Waals surface area contributed by atoms with Crippen LogP contribution in [0.25, 0.3) is 0 Å². The number of hydrogen-bond donors (Lipinski definition) is 3. The molecule has 2 rings (SSSR count). The van der Waals surface area contributed by atoms with Crippen LogP contribution in [0.4, 0.5) is 23.0 Å². The van der Waals surface area contributed by atoms with Crippen LogP contribution in [0, 0.1) is 19.8 Å². The highest BCUT2D eigenvalue weighted by atomic mass is 15.1. The van der Waals surface area contributed by atoms with Crippen molar-refractivity contribution in [2.45, 2.75) is 27.7 Å². The maximum Gasteiger partial charge on any atom is 0.135 e. The van der Waals surface area contributed by atoms with Gasteiger partial charge in [0.1, 0.15) is 18.0 Å². The van der Waals surface area contributed by atoms with Crippen molar-refractivity contribution in [2.24, 2.45) is 5.92 Å². The van der Waals surface area contributed by atoms with Crippen molar-refractivity contribution in [3.8, 4) is 0 Å². The van der Waals surface area contributed by atoms with Crippen molar-refractivity contribution in [2.75, 3.05) is 22.9 Å². The number of nitrogen functional groups attached to an aromatic ring is 1. The summed E-state index contributed by atoms with van der Waals surface area (Å²) in [5, 5.41) is 6.54. The molecular weight excluding hydrogens is 262 g/mol. The molecule has 21 heavy (non-hydrogen) atoms. The SMILES string of the molecule is Cc1cc(N)c(Nc2cc(NCC(C)C)ncn2)cc1C. The summed E-state index contributed by atoms with van der Waals surface area (Å²) in [6.45, 7) is 9.30. The summed E-state index contributed by atoms with van der Waals surface area (Å²) in [6.07, 6.45) is 1.54. The minimum atomic E-state index is 0.562. The maximum atomic E-state index is 6.05. The molecule has 0 amide bonds. The molecule has 5 nitrogen and oxygen atoms in total. The number of hydrogen-bond acceptors (Lipinski definition) is 5. The van der Waals surface area contributed by atoms with Crippen LogP contribution >= 0.6 is 0 Å². The highest BCUT2D eigenvalue weighted by Gasteiger charge is 2.05. The number of aromatic nitrogens is 2. The van der Waals surface area contributed by atoms with Crippen molar-refractivity contribution in [1.82, 2.24) is 9.97 Å². The molecule has 1 aromatic heterocycles. The van der Waals surface area contributed by atoms with E-state index < -0.39 is 0 Å². The molecule has 0 aliphatic rings. The van der Waals surface area contributed by atoms with Gasteiger partial charge in [-0.3, -0.25) is 0 Å². The fourth-order valence-electron chi connectivity index (χ4n) is 1.92. The molecule has 0 aliphatic carbocycles. The van der Waals surface area contributed by atoms with Gasteiger partial charge in [-0.2, -0.15) is 0 Å². The molecule has 112 valence electrons. The molecule has 0 fully saturated rings. The van der Waals surface area contributed by atoms with Gasteiger partial charge in [0.2, 0.25) is 0 Å². The summed E-state index contributed by atoms with van der Waals surface area (Å²) >= 11 is 0. The third kappa shape index (κ3) is 4.08. The van der Waals surface area contributed by atoms with Gasteiger partial charge < -0.3 is 16.4 Å². The Morgan fingerprint density at radius 3 is 2.43 bits per heavy atom. The summed E-state index contributed by atoms with van der Waals surface area (Å²) in [7, 11) is 0. The van der Waals surface area contributed by atoms with Crippen molar-refractivity contribution < 1.29 is 0 Å². The molecule has 0 atom stereocenters. The second-order valence-electron chi connectivity index (χ2n) is 5.71. The minimum Gasteiger partial charge on any atom is -0.397 e. The van der Waals surface area contributed by atoms with Crippen molar-refractivity contribution >= 4 is 23.0 Å². The van der Waals surface area contributed by atoms with E-state index in [4.69, 9.17) is 5.73 Å². The van der Waals surface area contributed by atoms with E-state index in [2.05, 4.69) is 41.4 Å². The fraction of sp³-hybridized carbons (Fsp3) is 0.375. The smallest absolute Gasteiger partial charge is 0.135 e. The predicted octanol–water partition coefficient (Wildman–Crippen LogP) is 3.49. The Morgan fingerprint density at radius 2 is 1.71 bits per heavy atom. The first-order chi connectivity index (χ1) is 9.95. The standard InChI is InChI=1S/C16H23N5/c1-10(2)8-18-15-7-16(20-9-19-15)21-14-6-12(4)11(3)5-13(14)17/h5-7,9-10H,8,17H2,1-4H3,(H2,18,19,20,21). The van der Waals surface area contributed by atoms with E-state index in [1.165, 1.54) is 11.1 Å². The van der Waals surface area contributed by atoms with Crippen LogP contribution in [-0.2, 0) is 0 Å². The quantitative estimate of drug-likeness (QED) is 0.733. The number of nitrogens with zero attached hydrogens (tertiary/aromatic N) is 2. The van der Waals surface area contributed by atoms with Crippen LogP contribution in [0.1, 0.15) is 25.0 Å². The van der Waals surface area contributed by atoms with Gasteiger partial charge in [0.25, 0.3) is 0 Å². The van der Waals surface area contributed by atoms with Gasteiger partial charge in [-0.1, -0.05) is 13.8 Å². The normalized spacial score (nSPS) is 10.7. The molecule has 0 saturated heterocycles. The van der Waals surface area contributed by atoms with Gasteiger partial charge in [-0.05, 0) is 43.0 Å². The zero-order chi connectivity index (χ0) is 15.4. The summed E-state index contributed by atoms with van der Waals surface area (Å²) in [6, 6.07) is 5.89. The van der Waals surface area contributed by atoms with E-state index in [1.807, 2.05) is 25.1 Å². The lowest BCUT2D eigenvalue weighted by atomic mass is 10.1. The number of anilines is 4. The second kappa shape index (κ2) is 6.43. The number of rotatable bonds is 5. The van der Waals surface area contributed by atoms with Gasteiger partial charge in [-0.15, -0.1) is 0 Å². The van der Waals surface area contributed by atoms with Gasteiger partial charge >= 0.3 is 0 Å². The van der Waals surface area contributed by atoms with Crippen LogP contribution in [0.5, 0.6) is 0 Å². The first kappa shape index (κ1) is 15.1. The highest BCUT2D eigenvalue weighted by molar-refractivity contribution is 5.73. The molecule has 4 N–H and O–H groups in total. The first-order valence-electron chi connectivity index (χ1n) is 7.15. The Morgan fingerprint density at radius 1 is 1.05 bits per heavy atom. The zero-order valence-corrected chi connectivity index (χ0v) is 13.1. The lowest BCUT2D eigenvalue weighted by Crippen LogP contribution is -2.09. The molecule has 5 heteroatoms. The van der Waals surface area contributed by atoms with Crippen molar-refractivity contribution in [1.29, 1.82) is 0 Å². The number of nitrogens with one attached hydrogen (secondary N) is 2. The minimum absolute atomic E-state index is 0.562. The third-order valence-corrected chi connectivity index (χ3v) is 3.29. The van der Waals surface area contributed by atoms with Crippen LogP contribution < -0.4 is 16.4 Å². The average Bonchev–Trinajstić information content (AvgIpc) is 2.43. The lowest BCUT2D eigenvalue weighted by molar-refractivity contribution is 0.687. The maximum absolute atomic E-state index is 6.05. The van der Waals surface area contributed by atoms with E-state index in [9.17, 15) is 0 Å². The Bertz CT molecular complexity index is 622. The van der Waals surface area contributed by atoms with E-state index in [0.717, 1.165) is 23.9 Å². The fourth-order valence-corrected chi connectivity index (χ4v) is 1.92. The largest absolute Gasteiger partial charge is 0.397 e. The van der Waals surface area contributed by atoms with Crippen LogP contribution in [0.2, 0.25) is 0 Å². The average molecular weight is 285 g/mol. The summed E-state index contributed by atoms with van der Waals surface area (Å²) < 4.78 is 0. The molecule has 0 bridgehead atoms. The van der Waals surface area contributed by atoms with E-state index in [-0.39, 0.29) is 0 Å².